The molecular formula is C11H18F4O3. The molecule has 0 aliphatic rings. The number of hydrogen-bond acceptors (Lipinski definition) is 3. The number of halogens is 4. The van der Waals surface area contributed by atoms with Crippen molar-refractivity contribution in [2.45, 2.75) is 39.0 Å². The van der Waals surface area contributed by atoms with Gasteiger partial charge in [-0.3, -0.25) is 4.79 Å². The summed E-state index contributed by atoms with van der Waals surface area (Å²) < 4.78 is 60.5. The van der Waals surface area contributed by atoms with Crippen molar-refractivity contribution in [3.8, 4) is 0 Å². The van der Waals surface area contributed by atoms with Crippen molar-refractivity contribution < 1.29 is 31.8 Å². The monoisotopic (exact) mass is 274 g/mol. The highest BCUT2D eigenvalue weighted by atomic mass is 19.3. The molecule has 0 rings (SSSR count). The highest BCUT2D eigenvalue weighted by Gasteiger charge is 2.57. The van der Waals surface area contributed by atoms with Crippen LogP contribution in [0.5, 0.6) is 0 Å². The number of esters is 1. The van der Waals surface area contributed by atoms with Crippen molar-refractivity contribution in [2.24, 2.45) is 5.41 Å². The highest BCUT2D eigenvalue weighted by Crippen LogP contribution is 2.35. The topological polar surface area (TPSA) is 35.5 Å². The van der Waals surface area contributed by atoms with Gasteiger partial charge >= 0.3 is 17.8 Å². The van der Waals surface area contributed by atoms with Gasteiger partial charge in [-0.2, -0.15) is 17.6 Å². The van der Waals surface area contributed by atoms with Crippen molar-refractivity contribution in [1.29, 1.82) is 0 Å². The lowest BCUT2D eigenvalue weighted by Crippen LogP contribution is -2.48. The molecule has 0 N–H and O–H groups in total. The standard InChI is InChI=1S/C11H18F4O3/c1-5-9(2,3)8(16)18-7-11(14,15)10(12,13)6-17-4/h5-7H2,1-4H3. The quantitative estimate of drug-likeness (QED) is 0.529. The maximum Gasteiger partial charge on any atom is 0.345 e. The molecule has 7 heteroatoms. The molecule has 0 aliphatic heterocycles. The molecule has 0 fully saturated rings. The Morgan fingerprint density at radius 2 is 1.50 bits per heavy atom. The Labute approximate surface area is 103 Å². The van der Waals surface area contributed by atoms with Gasteiger partial charge in [0.15, 0.2) is 6.61 Å². The summed E-state index contributed by atoms with van der Waals surface area (Å²) in [7, 11) is 0.885. The largest absolute Gasteiger partial charge is 0.459 e. The van der Waals surface area contributed by atoms with Crippen LogP contribution in [-0.2, 0) is 14.3 Å². The molecule has 0 unspecified atom stereocenters. The van der Waals surface area contributed by atoms with Crippen molar-refractivity contribution in [1.82, 2.24) is 0 Å². The van der Waals surface area contributed by atoms with Crippen LogP contribution in [0.2, 0.25) is 0 Å². The average molecular weight is 274 g/mol. The second-order valence-electron chi connectivity index (χ2n) is 4.66. The smallest absolute Gasteiger partial charge is 0.345 e. The van der Waals surface area contributed by atoms with Crippen LogP contribution in [0.4, 0.5) is 17.6 Å². The van der Waals surface area contributed by atoms with Gasteiger partial charge in [0.1, 0.15) is 6.61 Å². The van der Waals surface area contributed by atoms with Crippen LogP contribution in [0.3, 0.4) is 0 Å². The molecule has 108 valence electrons. The molecule has 3 nitrogen and oxygen atoms in total. The lowest BCUT2D eigenvalue weighted by molar-refractivity contribution is -0.248. The molecule has 0 amide bonds. The zero-order valence-corrected chi connectivity index (χ0v) is 10.9. The Balaban J connectivity index is 4.57. The van der Waals surface area contributed by atoms with Crippen LogP contribution < -0.4 is 0 Å². The Hall–Kier alpha value is -0.850. The predicted molar refractivity (Wildman–Crippen MR) is 56.8 cm³/mol. The summed E-state index contributed by atoms with van der Waals surface area (Å²) in [6.45, 7) is 1.54. The molecule has 0 saturated carbocycles. The van der Waals surface area contributed by atoms with Crippen molar-refractivity contribution in [3.63, 3.8) is 0 Å². The third-order valence-electron chi connectivity index (χ3n) is 2.68. The fourth-order valence-corrected chi connectivity index (χ4v) is 0.888. The first-order valence-corrected chi connectivity index (χ1v) is 5.42. The minimum Gasteiger partial charge on any atom is -0.459 e. The summed E-state index contributed by atoms with van der Waals surface area (Å²) in [5.41, 5.74) is -0.980. The van der Waals surface area contributed by atoms with Crippen molar-refractivity contribution in [2.75, 3.05) is 20.3 Å². The van der Waals surface area contributed by atoms with E-state index in [2.05, 4.69) is 9.47 Å². The van der Waals surface area contributed by atoms with E-state index >= 15 is 0 Å². The van der Waals surface area contributed by atoms with Gasteiger partial charge in [0.2, 0.25) is 0 Å². The fourth-order valence-electron chi connectivity index (χ4n) is 0.888. The van der Waals surface area contributed by atoms with Gasteiger partial charge in [-0.15, -0.1) is 0 Å². The molecular weight excluding hydrogens is 256 g/mol. The van der Waals surface area contributed by atoms with E-state index in [0.717, 1.165) is 7.11 Å². The Bertz CT molecular complexity index is 290. The first-order chi connectivity index (χ1) is 8.00. The van der Waals surface area contributed by atoms with E-state index in [1.54, 1.807) is 6.92 Å². The number of methoxy groups -OCH3 is 1. The summed E-state index contributed by atoms with van der Waals surface area (Å²) in [5, 5.41) is 0. The first kappa shape index (κ1) is 17.2. The molecule has 0 aromatic rings. The Kier molecular flexibility index (Phi) is 5.58. The van der Waals surface area contributed by atoms with E-state index < -0.39 is 36.4 Å². The number of carbonyl (C=O) groups excluding carboxylic acids is 1. The Morgan fingerprint density at radius 3 is 1.89 bits per heavy atom. The first-order valence-electron chi connectivity index (χ1n) is 5.42. The van der Waals surface area contributed by atoms with E-state index in [1.807, 2.05) is 0 Å². The fraction of sp³-hybridized carbons (Fsp3) is 0.909. The van der Waals surface area contributed by atoms with Gasteiger partial charge in [-0.05, 0) is 20.3 Å². The molecule has 0 atom stereocenters. The Morgan fingerprint density at radius 1 is 1.06 bits per heavy atom. The number of ether oxygens (including phenoxy) is 2. The van der Waals surface area contributed by atoms with E-state index in [9.17, 15) is 22.4 Å². The normalized spacial score (nSPS) is 13.6. The molecule has 0 aromatic carbocycles. The lowest BCUT2D eigenvalue weighted by Gasteiger charge is -2.27. The lowest BCUT2D eigenvalue weighted by atomic mass is 9.91. The van der Waals surface area contributed by atoms with Crippen LogP contribution in [0.25, 0.3) is 0 Å². The van der Waals surface area contributed by atoms with Gasteiger partial charge in [0.05, 0.1) is 5.41 Å². The molecule has 18 heavy (non-hydrogen) atoms. The third-order valence-corrected chi connectivity index (χ3v) is 2.68. The van der Waals surface area contributed by atoms with Gasteiger partial charge in [0, 0.05) is 7.11 Å². The number of rotatable bonds is 7. The van der Waals surface area contributed by atoms with E-state index in [-0.39, 0.29) is 0 Å². The van der Waals surface area contributed by atoms with Crippen LogP contribution >= 0.6 is 0 Å². The second kappa shape index (κ2) is 5.86. The molecule has 0 heterocycles. The summed E-state index contributed by atoms with van der Waals surface area (Å²) in [6, 6.07) is 0. The zero-order valence-electron chi connectivity index (χ0n) is 10.9. The SMILES string of the molecule is CCC(C)(C)C(=O)OCC(F)(F)C(F)(F)COC. The van der Waals surface area contributed by atoms with Crippen LogP contribution in [0.1, 0.15) is 27.2 Å². The minimum absolute atomic E-state index is 0.353. The summed E-state index contributed by atoms with van der Waals surface area (Å²) >= 11 is 0. The average Bonchev–Trinajstić information content (AvgIpc) is 2.25. The van der Waals surface area contributed by atoms with Gasteiger partial charge in [0.25, 0.3) is 0 Å². The molecule has 0 aromatic heterocycles. The van der Waals surface area contributed by atoms with E-state index in [0.29, 0.717) is 6.42 Å². The molecule has 0 radical (unpaired) electrons. The zero-order chi connectivity index (χ0) is 14.6. The molecule has 0 aliphatic carbocycles. The third kappa shape index (κ3) is 4.12. The number of alkyl halides is 4. The van der Waals surface area contributed by atoms with Crippen LogP contribution in [0, 0.1) is 5.41 Å². The molecule has 0 spiro atoms. The number of hydrogen-bond donors (Lipinski definition) is 0. The highest BCUT2D eigenvalue weighted by molar-refractivity contribution is 5.75. The molecule has 0 saturated heterocycles. The predicted octanol–water partition coefficient (Wildman–Crippen LogP) is 2.88. The summed E-state index contributed by atoms with van der Waals surface area (Å²) in [5.74, 6) is -9.76. The van der Waals surface area contributed by atoms with Crippen molar-refractivity contribution >= 4 is 5.97 Å². The summed E-state index contributed by atoms with van der Waals surface area (Å²) in [6.07, 6.45) is 0.353. The van der Waals surface area contributed by atoms with Crippen LogP contribution in [0.15, 0.2) is 0 Å². The maximum atomic E-state index is 13.1. The number of carbonyl (C=O) groups is 1. The van der Waals surface area contributed by atoms with E-state index in [1.165, 1.54) is 13.8 Å². The second-order valence-corrected chi connectivity index (χ2v) is 4.66. The summed E-state index contributed by atoms with van der Waals surface area (Å²) in [4.78, 5) is 11.4. The minimum atomic E-state index is -4.46. The van der Waals surface area contributed by atoms with Gasteiger partial charge in [-0.25, -0.2) is 0 Å². The van der Waals surface area contributed by atoms with Gasteiger partial charge < -0.3 is 9.47 Å². The van der Waals surface area contributed by atoms with E-state index in [4.69, 9.17) is 0 Å². The van der Waals surface area contributed by atoms with Crippen molar-refractivity contribution in [3.05, 3.63) is 0 Å². The van der Waals surface area contributed by atoms with Crippen LogP contribution in [-0.4, -0.2) is 38.1 Å². The van der Waals surface area contributed by atoms with Gasteiger partial charge in [-0.1, -0.05) is 6.92 Å². The maximum absolute atomic E-state index is 13.1. The molecule has 0 bridgehead atoms.